The molecule has 0 spiro atoms. The predicted molar refractivity (Wildman–Crippen MR) is 112 cm³/mol. The standard InChI is InChI=1S/C21H36N4O2/c1-15-11-16(2)20(17(3)12-15)24-19(27)14-25(7)13-18(26)22-9-8-10-23-21(4,5)6/h11-12,23H,8-10,13-14H2,1-7H3,(H,22,26)(H,24,27). The fourth-order valence-electron chi connectivity index (χ4n) is 2.94. The van der Waals surface area contributed by atoms with Crippen LogP contribution in [0, 0.1) is 20.8 Å². The van der Waals surface area contributed by atoms with Gasteiger partial charge in [0.25, 0.3) is 0 Å². The molecule has 0 atom stereocenters. The Hall–Kier alpha value is -1.92. The molecule has 0 aliphatic carbocycles. The van der Waals surface area contributed by atoms with E-state index < -0.39 is 0 Å². The molecular weight excluding hydrogens is 340 g/mol. The van der Waals surface area contributed by atoms with Crippen LogP contribution in [-0.2, 0) is 9.59 Å². The number of benzene rings is 1. The van der Waals surface area contributed by atoms with Crippen LogP contribution in [0.15, 0.2) is 12.1 Å². The summed E-state index contributed by atoms with van der Waals surface area (Å²) >= 11 is 0. The lowest BCUT2D eigenvalue weighted by Crippen LogP contribution is -2.40. The van der Waals surface area contributed by atoms with Gasteiger partial charge in [0.15, 0.2) is 0 Å². The number of hydrogen-bond acceptors (Lipinski definition) is 4. The first kappa shape index (κ1) is 23.1. The van der Waals surface area contributed by atoms with Gasteiger partial charge in [-0.05, 0) is 72.7 Å². The Morgan fingerprint density at radius 3 is 2.07 bits per heavy atom. The molecule has 0 bridgehead atoms. The van der Waals surface area contributed by atoms with Crippen molar-refractivity contribution in [3.8, 4) is 0 Å². The number of nitrogens with one attached hydrogen (secondary N) is 3. The first-order valence-electron chi connectivity index (χ1n) is 9.56. The molecule has 3 N–H and O–H groups in total. The Bertz CT molecular complexity index is 627. The number of anilines is 1. The van der Waals surface area contributed by atoms with Crippen LogP contribution in [0.5, 0.6) is 0 Å². The number of amides is 2. The van der Waals surface area contributed by atoms with Crippen LogP contribution in [-0.4, -0.2) is 55.5 Å². The van der Waals surface area contributed by atoms with Crippen molar-refractivity contribution in [2.75, 3.05) is 38.5 Å². The van der Waals surface area contributed by atoms with E-state index in [9.17, 15) is 9.59 Å². The van der Waals surface area contributed by atoms with Gasteiger partial charge in [0.2, 0.25) is 11.8 Å². The largest absolute Gasteiger partial charge is 0.355 e. The molecule has 0 heterocycles. The summed E-state index contributed by atoms with van der Waals surface area (Å²) in [6, 6.07) is 4.10. The van der Waals surface area contributed by atoms with Crippen molar-refractivity contribution in [2.45, 2.75) is 53.5 Å². The van der Waals surface area contributed by atoms with Crippen LogP contribution in [0.1, 0.15) is 43.9 Å². The lowest BCUT2D eigenvalue weighted by molar-refractivity contribution is -0.122. The zero-order valence-electron chi connectivity index (χ0n) is 18.0. The molecule has 152 valence electrons. The van der Waals surface area contributed by atoms with E-state index in [1.165, 1.54) is 5.56 Å². The average molecular weight is 377 g/mol. The molecule has 6 heteroatoms. The number of nitrogens with zero attached hydrogens (tertiary/aromatic N) is 1. The second-order valence-electron chi connectivity index (χ2n) is 8.37. The maximum absolute atomic E-state index is 12.3. The number of carbonyl (C=O) groups excluding carboxylic acids is 2. The average Bonchev–Trinajstić information content (AvgIpc) is 2.49. The molecule has 0 saturated heterocycles. The Kier molecular flexibility index (Phi) is 8.93. The smallest absolute Gasteiger partial charge is 0.238 e. The lowest BCUT2D eigenvalue weighted by atomic mass is 10.1. The van der Waals surface area contributed by atoms with E-state index >= 15 is 0 Å². The molecule has 0 saturated carbocycles. The Morgan fingerprint density at radius 2 is 1.52 bits per heavy atom. The molecule has 1 rings (SSSR count). The molecule has 0 aliphatic rings. The molecule has 0 aliphatic heterocycles. The fourth-order valence-corrected chi connectivity index (χ4v) is 2.94. The second-order valence-corrected chi connectivity index (χ2v) is 8.37. The number of aryl methyl sites for hydroxylation is 3. The van der Waals surface area contributed by atoms with Crippen LogP contribution in [0.3, 0.4) is 0 Å². The van der Waals surface area contributed by atoms with E-state index in [1.807, 2.05) is 32.9 Å². The zero-order valence-corrected chi connectivity index (χ0v) is 18.0. The topological polar surface area (TPSA) is 73.5 Å². The molecule has 27 heavy (non-hydrogen) atoms. The molecule has 2 amide bonds. The molecule has 0 aromatic heterocycles. The van der Waals surface area contributed by atoms with Gasteiger partial charge in [0, 0.05) is 17.8 Å². The van der Waals surface area contributed by atoms with Crippen LogP contribution in [0.2, 0.25) is 0 Å². The number of likely N-dealkylation sites (N-methyl/N-ethyl adjacent to an activating group) is 1. The van der Waals surface area contributed by atoms with Crippen LogP contribution in [0.25, 0.3) is 0 Å². The van der Waals surface area contributed by atoms with Crippen molar-refractivity contribution < 1.29 is 9.59 Å². The van der Waals surface area contributed by atoms with E-state index in [2.05, 4.69) is 36.7 Å². The summed E-state index contributed by atoms with van der Waals surface area (Å²) in [5.41, 5.74) is 4.21. The molecule has 6 nitrogen and oxygen atoms in total. The van der Waals surface area contributed by atoms with Gasteiger partial charge in [0.1, 0.15) is 0 Å². The van der Waals surface area contributed by atoms with E-state index in [4.69, 9.17) is 0 Å². The Balaban J connectivity index is 2.34. The number of hydrogen-bond donors (Lipinski definition) is 3. The summed E-state index contributed by atoms with van der Waals surface area (Å²) in [6.07, 6.45) is 0.874. The van der Waals surface area contributed by atoms with Crippen LogP contribution >= 0.6 is 0 Å². The quantitative estimate of drug-likeness (QED) is 0.579. The number of rotatable bonds is 9. The van der Waals surface area contributed by atoms with Crippen molar-refractivity contribution >= 4 is 17.5 Å². The minimum absolute atomic E-state index is 0.0660. The van der Waals surface area contributed by atoms with E-state index in [-0.39, 0.29) is 30.4 Å². The van der Waals surface area contributed by atoms with Gasteiger partial charge >= 0.3 is 0 Å². The van der Waals surface area contributed by atoms with Crippen molar-refractivity contribution in [1.82, 2.24) is 15.5 Å². The predicted octanol–water partition coefficient (Wildman–Crippen LogP) is 2.38. The third-order valence-electron chi connectivity index (χ3n) is 4.10. The van der Waals surface area contributed by atoms with Gasteiger partial charge < -0.3 is 16.0 Å². The van der Waals surface area contributed by atoms with E-state index in [1.54, 1.807) is 11.9 Å². The monoisotopic (exact) mass is 376 g/mol. The summed E-state index contributed by atoms with van der Waals surface area (Å²) in [6.45, 7) is 14.2. The van der Waals surface area contributed by atoms with Gasteiger partial charge in [-0.25, -0.2) is 0 Å². The number of carbonyl (C=O) groups is 2. The molecule has 0 radical (unpaired) electrons. The molecule has 1 aromatic carbocycles. The first-order valence-corrected chi connectivity index (χ1v) is 9.56. The summed E-state index contributed by atoms with van der Waals surface area (Å²) in [5.74, 6) is -0.182. The fraction of sp³-hybridized carbons (Fsp3) is 0.619. The highest BCUT2D eigenvalue weighted by Crippen LogP contribution is 2.21. The zero-order chi connectivity index (χ0) is 20.6. The van der Waals surface area contributed by atoms with E-state index in [0.29, 0.717) is 6.54 Å². The summed E-state index contributed by atoms with van der Waals surface area (Å²) in [5, 5.41) is 9.24. The SMILES string of the molecule is Cc1cc(C)c(NC(=O)CN(C)CC(=O)NCCCNC(C)(C)C)c(C)c1. The van der Waals surface area contributed by atoms with Crippen LogP contribution in [0.4, 0.5) is 5.69 Å². The maximum Gasteiger partial charge on any atom is 0.238 e. The second kappa shape index (κ2) is 10.4. The molecule has 1 aromatic rings. The van der Waals surface area contributed by atoms with Crippen molar-refractivity contribution in [3.63, 3.8) is 0 Å². The van der Waals surface area contributed by atoms with Crippen LogP contribution < -0.4 is 16.0 Å². The van der Waals surface area contributed by atoms with Gasteiger partial charge in [-0.3, -0.25) is 14.5 Å². The molecular formula is C21H36N4O2. The first-order chi connectivity index (χ1) is 12.5. The summed E-state index contributed by atoms with van der Waals surface area (Å²) in [4.78, 5) is 26.0. The minimum Gasteiger partial charge on any atom is -0.355 e. The highest BCUT2D eigenvalue weighted by Gasteiger charge is 2.13. The highest BCUT2D eigenvalue weighted by atomic mass is 16.2. The van der Waals surface area contributed by atoms with Crippen molar-refractivity contribution in [1.29, 1.82) is 0 Å². The third-order valence-corrected chi connectivity index (χ3v) is 4.10. The van der Waals surface area contributed by atoms with E-state index in [0.717, 1.165) is 29.8 Å². The van der Waals surface area contributed by atoms with Gasteiger partial charge in [-0.15, -0.1) is 0 Å². The lowest BCUT2D eigenvalue weighted by Gasteiger charge is -2.20. The summed E-state index contributed by atoms with van der Waals surface area (Å²) in [7, 11) is 1.77. The van der Waals surface area contributed by atoms with Gasteiger partial charge in [0.05, 0.1) is 13.1 Å². The van der Waals surface area contributed by atoms with Gasteiger partial charge in [-0.2, -0.15) is 0 Å². The minimum atomic E-state index is -0.116. The Morgan fingerprint density at radius 1 is 0.963 bits per heavy atom. The van der Waals surface area contributed by atoms with Crippen molar-refractivity contribution in [3.05, 3.63) is 28.8 Å². The van der Waals surface area contributed by atoms with Crippen molar-refractivity contribution in [2.24, 2.45) is 0 Å². The third kappa shape index (κ3) is 9.54. The summed E-state index contributed by atoms with van der Waals surface area (Å²) < 4.78 is 0. The normalized spacial score (nSPS) is 11.6. The highest BCUT2D eigenvalue weighted by molar-refractivity contribution is 5.94. The Labute approximate surface area is 164 Å². The molecule has 0 fully saturated rings. The van der Waals surface area contributed by atoms with Gasteiger partial charge in [-0.1, -0.05) is 17.7 Å². The maximum atomic E-state index is 12.3. The molecule has 0 unspecified atom stereocenters.